The summed E-state index contributed by atoms with van der Waals surface area (Å²) in [7, 11) is 1.63. The Bertz CT molecular complexity index is 1040. The van der Waals surface area contributed by atoms with Crippen molar-refractivity contribution in [2.45, 2.75) is 20.4 Å². The Labute approximate surface area is 157 Å². The fourth-order valence-corrected chi connectivity index (χ4v) is 3.44. The van der Waals surface area contributed by atoms with Gasteiger partial charge in [0.2, 0.25) is 0 Å². The summed E-state index contributed by atoms with van der Waals surface area (Å²) in [5.74, 6) is 1.71. The summed E-state index contributed by atoms with van der Waals surface area (Å²) in [6.07, 6.45) is 0. The van der Waals surface area contributed by atoms with Crippen molar-refractivity contribution in [3.63, 3.8) is 0 Å². The van der Waals surface area contributed by atoms with Crippen molar-refractivity contribution in [2.24, 2.45) is 0 Å². The van der Waals surface area contributed by atoms with Crippen LogP contribution in [0.4, 0.5) is 0 Å². The van der Waals surface area contributed by atoms with Crippen LogP contribution in [-0.2, 0) is 6.54 Å². The summed E-state index contributed by atoms with van der Waals surface area (Å²) in [6.45, 7) is 4.86. The highest BCUT2D eigenvalue weighted by Gasteiger charge is 2.30. The fraction of sp³-hybridized carbons (Fsp3) is 0.238. The number of hydrogen-bond donors (Lipinski definition) is 3. The topological polar surface area (TPSA) is 85.2 Å². The number of imidazole rings is 1. The third-order valence-electron chi connectivity index (χ3n) is 5.07. The molecule has 0 saturated carbocycles. The highest BCUT2D eigenvalue weighted by molar-refractivity contribution is 6.23. The minimum absolute atomic E-state index is 0.155. The van der Waals surface area contributed by atoms with Gasteiger partial charge in [-0.15, -0.1) is 0 Å². The predicted molar refractivity (Wildman–Crippen MR) is 106 cm³/mol. The fourth-order valence-electron chi connectivity index (χ4n) is 3.44. The standard InChI is InChI=1S/C21H22N4O2/c1-12-8-15-16(9-13(12)2)24-21(23-15)19-17(26)11-25(20(19)22)10-14-6-4-5-7-18(14)27-3/h4-9,22,26H,10-11H2,1-3H3,(H,23,24). The molecule has 1 aliphatic heterocycles. The normalized spacial score (nSPS) is 14.5. The largest absolute Gasteiger partial charge is 0.510 e. The number of aromatic amines is 1. The first kappa shape index (κ1) is 17.1. The van der Waals surface area contributed by atoms with Crippen LogP contribution in [0.1, 0.15) is 22.5 Å². The number of H-pyrrole nitrogens is 1. The van der Waals surface area contributed by atoms with Gasteiger partial charge < -0.3 is 19.7 Å². The highest BCUT2D eigenvalue weighted by atomic mass is 16.5. The second-order valence-corrected chi connectivity index (χ2v) is 6.88. The zero-order chi connectivity index (χ0) is 19.1. The Balaban J connectivity index is 1.65. The monoisotopic (exact) mass is 362 g/mol. The van der Waals surface area contributed by atoms with E-state index in [1.54, 1.807) is 7.11 Å². The molecule has 0 radical (unpaired) electrons. The average Bonchev–Trinajstić information content (AvgIpc) is 3.15. The molecule has 6 heteroatoms. The smallest absolute Gasteiger partial charge is 0.145 e. The number of para-hydroxylation sites is 1. The molecular weight excluding hydrogens is 340 g/mol. The number of aliphatic hydroxyl groups excluding tert-OH is 1. The lowest BCUT2D eigenvalue weighted by Crippen LogP contribution is -2.26. The van der Waals surface area contributed by atoms with Crippen LogP contribution in [0.5, 0.6) is 5.75 Å². The van der Waals surface area contributed by atoms with Gasteiger partial charge in [0.05, 0.1) is 30.3 Å². The van der Waals surface area contributed by atoms with Crippen LogP contribution in [0.15, 0.2) is 42.2 Å². The molecule has 138 valence electrons. The molecule has 0 saturated heterocycles. The molecule has 2 heterocycles. The summed E-state index contributed by atoms with van der Waals surface area (Å²) in [5, 5.41) is 19.1. The van der Waals surface area contributed by atoms with Gasteiger partial charge in [-0.25, -0.2) is 4.98 Å². The van der Waals surface area contributed by atoms with Crippen molar-refractivity contribution < 1.29 is 9.84 Å². The first-order valence-electron chi connectivity index (χ1n) is 8.83. The van der Waals surface area contributed by atoms with E-state index in [1.807, 2.05) is 48.2 Å². The number of methoxy groups -OCH3 is 1. The molecule has 0 fully saturated rings. The molecule has 0 atom stereocenters. The lowest BCUT2D eigenvalue weighted by Gasteiger charge is -2.20. The van der Waals surface area contributed by atoms with Crippen LogP contribution < -0.4 is 4.74 Å². The number of ether oxygens (including phenoxy) is 1. The Morgan fingerprint density at radius 2 is 1.96 bits per heavy atom. The Morgan fingerprint density at radius 1 is 1.22 bits per heavy atom. The minimum Gasteiger partial charge on any atom is -0.510 e. The Morgan fingerprint density at radius 3 is 2.74 bits per heavy atom. The van der Waals surface area contributed by atoms with E-state index in [-0.39, 0.29) is 18.1 Å². The van der Waals surface area contributed by atoms with Crippen molar-refractivity contribution in [3.8, 4) is 5.75 Å². The van der Waals surface area contributed by atoms with Crippen LogP contribution in [0.3, 0.4) is 0 Å². The zero-order valence-electron chi connectivity index (χ0n) is 15.6. The first-order valence-corrected chi connectivity index (χ1v) is 8.83. The van der Waals surface area contributed by atoms with Crippen LogP contribution in [-0.4, -0.2) is 39.5 Å². The van der Waals surface area contributed by atoms with Gasteiger partial charge in [-0.05, 0) is 43.2 Å². The van der Waals surface area contributed by atoms with E-state index in [2.05, 4.69) is 16.9 Å². The Hall–Kier alpha value is -3.28. The predicted octanol–water partition coefficient (Wildman–Crippen LogP) is 3.95. The quantitative estimate of drug-likeness (QED) is 0.656. The number of amidine groups is 1. The van der Waals surface area contributed by atoms with Crippen LogP contribution >= 0.6 is 0 Å². The number of benzene rings is 2. The molecule has 2 aromatic carbocycles. The molecule has 1 aliphatic rings. The number of nitrogens with zero attached hydrogens (tertiary/aromatic N) is 2. The molecule has 0 aliphatic carbocycles. The molecule has 3 N–H and O–H groups in total. The third kappa shape index (κ3) is 2.93. The summed E-state index contributed by atoms with van der Waals surface area (Å²) in [5.41, 5.74) is 5.51. The molecule has 0 unspecified atom stereocenters. The second-order valence-electron chi connectivity index (χ2n) is 6.88. The molecule has 4 rings (SSSR count). The van der Waals surface area contributed by atoms with E-state index >= 15 is 0 Å². The number of aliphatic hydroxyl groups is 1. The molecule has 0 bridgehead atoms. The van der Waals surface area contributed by atoms with Crippen molar-refractivity contribution in [1.29, 1.82) is 5.41 Å². The van der Waals surface area contributed by atoms with Gasteiger partial charge in [-0.2, -0.15) is 0 Å². The van der Waals surface area contributed by atoms with Gasteiger partial charge in [0.1, 0.15) is 23.2 Å². The van der Waals surface area contributed by atoms with Crippen molar-refractivity contribution in [2.75, 3.05) is 13.7 Å². The molecule has 6 nitrogen and oxygen atoms in total. The van der Waals surface area contributed by atoms with E-state index in [1.165, 1.54) is 5.56 Å². The highest BCUT2D eigenvalue weighted by Crippen LogP contribution is 2.30. The summed E-state index contributed by atoms with van der Waals surface area (Å²) in [4.78, 5) is 9.67. The van der Waals surface area contributed by atoms with Crippen molar-refractivity contribution in [3.05, 3.63) is 64.7 Å². The second kappa shape index (κ2) is 6.46. The minimum atomic E-state index is 0.155. The zero-order valence-corrected chi connectivity index (χ0v) is 15.6. The first-order chi connectivity index (χ1) is 13.0. The third-order valence-corrected chi connectivity index (χ3v) is 5.07. The van der Waals surface area contributed by atoms with E-state index in [4.69, 9.17) is 10.1 Å². The molecular formula is C21H22N4O2. The molecule has 0 amide bonds. The lowest BCUT2D eigenvalue weighted by molar-refractivity contribution is 0.341. The van der Waals surface area contributed by atoms with Gasteiger partial charge in [0, 0.05) is 12.1 Å². The number of aryl methyl sites for hydroxylation is 2. The number of hydrogen-bond acceptors (Lipinski definition) is 4. The van der Waals surface area contributed by atoms with E-state index in [9.17, 15) is 5.11 Å². The van der Waals surface area contributed by atoms with E-state index in [0.717, 1.165) is 27.9 Å². The van der Waals surface area contributed by atoms with Crippen molar-refractivity contribution >= 4 is 22.4 Å². The van der Waals surface area contributed by atoms with Gasteiger partial charge in [-0.1, -0.05) is 18.2 Å². The average molecular weight is 362 g/mol. The molecule has 3 aromatic rings. The maximum Gasteiger partial charge on any atom is 0.145 e. The van der Waals surface area contributed by atoms with Crippen LogP contribution in [0, 0.1) is 19.3 Å². The summed E-state index contributed by atoms with van der Waals surface area (Å²) in [6, 6.07) is 11.8. The molecule has 1 aromatic heterocycles. The SMILES string of the molecule is COc1ccccc1CN1CC(O)=C(c2nc3cc(C)c(C)cc3[nH]2)C1=N. The number of fused-ring (bicyclic) bond motifs is 1. The van der Waals surface area contributed by atoms with Crippen LogP contribution in [0.25, 0.3) is 16.6 Å². The van der Waals surface area contributed by atoms with Gasteiger partial charge in [0.25, 0.3) is 0 Å². The molecule has 0 spiro atoms. The lowest BCUT2D eigenvalue weighted by atomic mass is 10.1. The van der Waals surface area contributed by atoms with E-state index < -0.39 is 0 Å². The number of nitrogens with one attached hydrogen (secondary N) is 2. The van der Waals surface area contributed by atoms with Crippen molar-refractivity contribution in [1.82, 2.24) is 14.9 Å². The van der Waals surface area contributed by atoms with E-state index in [0.29, 0.717) is 17.9 Å². The van der Waals surface area contributed by atoms with Gasteiger partial charge in [-0.3, -0.25) is 5.41 Å². The number of aromatic nitrogens is 2. The van der Waals surface area contributed by atoms with Crippen LogP contribution in [0.2, 0.25) is 0 Å². The Kier molecular flexibility index (Phi) is 4.11. The van der Waals surface area contributed by atoms with Gasteiger partial charge in [0.15, 0.2) is 0 Å². The maximum atomic E-state index is 10.5. The molecule has 27 heavy (non-hydrogen) atoms. The maximum absolute atomic E-state index is 10.5. The number of rotatable bonds is 4. The van der Waals surface area contributed by atoms with Gasteiger partial charge >= 0.3 is 0 Å². The summed E-state index contributed by atoms with van der Waals surface area (Å²) < 4.78 is 5.40. The summed E-state index contributed by atoms with van der Waals surface area (Å²) >= 11 is 0.